The number of benzene rings is 1. The molecule has 4 rings (SSSR count). The summed E-state index contributed by atoms with van der Waals surface area (Å²) >= 11 is 1.58. The third-order valence-electron chi connectivity index (χ3n) is 5.99. The minimum absolute atomic E-state index is 0.0304. The van der Waals surface area contributed by atoms with Crippen LogP contribution in [0.15, 0.2) is 29.1 Å². The van der Waals surface area contributed by atoms with E-state index in [1.807, 2.05) is 31.2 Å². The third-order valence-corrected chi connectivity index (χ3v) is 7.27. The summed E-state index contributed by atoms with van der Waals surface area (Å²) in [4.78, 5) is 25.7. The van der Waals surface area contributed by atoms with Gasteiger partial charge in [0.15, 0.2) is 0 Å². The molecule has 1 aliphatic rings. The van der Waals surface area contributed by atoms with Crippen LogP contribution in [0.2, 0.25) is 0 Å². The molecule has 1 saturated carbocycles. The summed E-state index contributed by atoms with van der Waals surface area (Å²) in [5.41, 5.74) is 0.603. The van der Waals surface area contributed by atoms with Crippen molar-refractivity contribution in [3.8, 4) is 0 Å². The van der Waals surface area contributed by atoms with Gasteiger partial charge in [-0.15, -0.1) is 11.3 Å². The Morgan fingerprint density at radius 2 is 2.07 bits per heavy atom. The predicted molar refractivity (Wildman–Crippen MR) is 110 cm³/mol. The SMILES string of the molecule is Cc1nn(CC(=O)N[C@@H]2CCC[C@@H](C)[C@@H]2C)c(=O)c2c1sc1ccccc12. The molecule has 0 saturated heterocycles. The fraction of sp³-hybridized carbons (Fsp3) is 0.476. The maximum Gasteiger partial charge on any atom is 0.276 e. The van der Waals surface area contributed by atoms with Crippen LogP contribution in [0, 0.1) is 18.8 Å². The Kier molecular flexibility index (Phi) is 4.76. The van der Waals surface area contributed by atoms with E-state index in [1.54, 1.807) is 11.3 Å². The molecule has 5 nitrogen and oxygen atoms in total. The average molecular weight is 384 g/mol. The van der Waals surface area contributed by atoms with Gasteiger partial charge in [0.1, 0.15) is 6.54 Å². The molecular weight excluding hydrogens is 358 g/mol. The molecular formula is C21H25N3O2S. The van der Waals surface area contributed by atoms with Crippen LogP contribution < -0.4 is 10.9 Å². The van der Waals surface area contributed by atoms with Gasteiger partial charge >= 0.3 is 0 Å². The van der Waals surface area contributed by atoms with Crippen LogP contribution in [0.5, 0.6) is 0 Å². The number of aryl methyl sites for hydroxylation is 1. The first kappa shape index (κ1) is 18.2. The Hall–Kier alpha value is -2.21. The Labute approximate surface area is 162 Å². The number of nitrogens with zero attached hydrogens (tertiary/aromatic N) is 2. The highest BCUT2D eigenvalue weighted by atomic mass is 32.1. The number of fused-ring (bicyclic) bond motifs is 3. The van der Waals surface area contributed by atoms with Gasteiger partial charge in [0.05, 0.1) is 15.8 Å². The van der Waals surface area contributed by atoms with Gasteiger partial charge in [-0.2, -0.15) is 5.10 Å². The van der Waals surface area contributed by atoms with Gasteiger partial charge in [-0.05, 0) is 31.2 Å². The molecule has 6 heteroatoms. The third kappa shape index (κ3) is 3.27. The molecule has 2 heterocycles. The van der Waals surface area contributed by atoms with E-state index >= 15 is 0 Å². The number of rotatable bonds is 3. The number of nitrogens with one attached hydrogen (secondary N) is 1. The van der Waals surface area contributed by atoms with Gasteiger partial charge in [0, 0.05) is 16.1 Å². The maximum absolute atomic E-state index is 13.0. The molecule has 0 radical (unpaired) electrons. The standard InChI is InChI=1S/C21H25N3O2S/c1-12-7-6-9-16(13(12)2)22-18(25)11-24-21(26)19-15-8-4-5-10-17(15)27-20(19)14(3)23-24/h4-5,8,10,12-13,16H,6-7,9,11H2,1-3H3,(H,22,25)/t12-,13+,16-/m1/s1. The molecule has 0 unspecified atom stereocenters. The van der Waals surface area contributed by atoms with Crippen LogP contribution in [0.4, 0.5) is 0 Å². The van der Waals surface area contributed by atoms with Crippen molar-refractivity contribution in [2.45, 2.75) is 52.6 Å². The van der Waals surface area contributed by atoms with E-state index in [1.165, 1.54) is 11.1 Å². The second-order valence-electron chi connectivity index (χ2n) is 7.79. The second-order valence-corrected chi connectivity index (χ2v) is 8.84. The number of carbonyl (C=O) groups excluding carboxylic acids is 1. The maximum atomic E-state index is 13.0. The van der Waals surface area contributed by atoms with Crippen LogP contribution in [0.3, 0.4) is 0 Å². The molecule has 1 N–H and O–H groups in total. The molecule has 3 atom stereocenters. The number of carbonyl (C=O) groups is 1. The van der Waals surface area contributed by atoms with Gasteiger partial charge in [0.2, 0.25) is 5.91 Å². The molecule has 142 valence electrons. The average Bonchev–Trinajstić information content (AvgIpc) is 3.04. The first-order valence-electron chi connectivity index (χ1n) is 9.64. The van der Waals surface area contributed by atoms with Gasteiger partial charge in [0.25, 0.3) is 5.56 Å². The molecule has 0 spiro atoms. The van der Waals surface area contributed by atoms with Crippen molar-refractivity contribution in [1.29, 1.82) is 0 Å². The smallest absolute Gasteiger partial charge is 0.276 e. The molecule has 0 bridgehead atoms. The molecule has 3 aromatic rings. The van der Waals surface area contributed by atoms with E-state index in [-0.39, 0.29) is 24.1 Å². The minimum Gasteiger partial charge on any atom is -0.351 e. The normalized spacial score (nSPS) is 23.0. The molecule has 0 aliphatic heterocycles. The van der Waals surface area contributed by atoms with Crippen LogP contribution in [0.1, 0.15) is 38.8 Å². The Morgan fingerprint density at radius 3 is 2.89 bits per heavy atom. The first-order chi connectivity index (χ1) is 13.0. The highest BCUT2D eigenvalue weighted by molar-refractivity contribution is 7.26. The zero-order valence-electron chi connectivity index (χ0n) is 16.0. The van der Waals surface area contributed by atoms with Crippen molar-refractivity contribution in [1.82, 2.24) is 15.1 Å². The molecule has 1 aliphatic carbocycles. The molecule has 1 fully saturated rings. The van der Waals surface area contributed by atoms with Crippen molar-refractivity contribution in [3.63, 3.8) is 0 Å². The molecule has 1 amide bonds. The zero-order valence-corrected chi connectivity index (χ0v) is 16.8. The zero-order chi connectivity index (χ0) is 19.1. The van der Waals surface area contributed by atoms with E-state index in [0.717, 1.165) is 33.3 Å². The largest absolute Gasteiger partial charge is 0.351 e. The summed E-state index contributed by atoms with van der Waals surface area (Å²) in [6.45, 7) is 6.31. The topological polar surface area (TPSA) is 64.0 Å². The second kappa shape index (κ2) is 7.08. The molecule has 1 aromatic carbocycles. The molecule has 27 heavy (non-hydrogen) atoms. The summed E-state index contributed by atoms with van der Waals surface area (Å²) < 4.78 is 3.30. The van der Waals surface area contributed by atoms with Crippen molar-refractivity contribution in [2.75, 3.05) is 0 Å². The predicted octanol–water partition coefficient (Wildman–Crippen LogP) is 3.86. The van der Waals surface area contributed by atoms with E-state index in [2.05, 4.69) is 24.3 Å². The summed E-state index contributed by atoms with van der Waals surface area (Å²) in [6, 6.07) is 8.07. The summed E-state index contributed by atoms with van der Waals surface area (Å²) in [5, 5.41) is 9.17. The van der Waals surface area contributed by atoms with Crippen molar-refractivity contribution in [2.24, 2.45) is 11.8 Å². The lowest BCUT2D eigenvalue weighted by Gasteiger charge is -2.34. The number of aromatic nitrogens is 2. The fourth-order valence-electron chi connectivity index (χ4n) is 4.19. The monoisotopic (exact) mass is 383 g/mol. The van der Waals surface area contributed by atoms with E-state index in [9.17, 15) is 9.59 Å². The Bertz CT molecular complexity index is 1070. The van der Waals surface area contributed by atoms with Crippen molar-refractivity contribution >= 4 is 37.4 Å². The lowest BCUT2D eigenvalue weighted by molar-refractivity contribution is -0.123. The van der Waals surface area contributed by atoms with Gasteiger partial charge < -0.3 is 5.32 Å². The lowest BCUT2D eigenvalue weighted by Crippen LogP contribution is -2.45. The highest BCUT2D eigenvalue weighted by Crippen LogP contribution is 2.32. The van der Waals surface area contributed by atoms with E-state index < -0.39 is 0 Å². The Balaban J connectivity index is 1.64. The Morgan fingerprint density at radius 1 is 1.30 bits per heavy atom. The van der Waals surface area contributed by atoms with Crippen molar-refractivity contribution in [3.05, 3.63) is 40.3 Å². The number of hydrogen-bond donors (Lipinski definition) is 1. The highest BCUT2D eigenvalue weighted by Gasteiger charge is 2.28. The minimum atomic E-state index is -0.187. The van der Waals surface area contributed by atoms with Gasteiger partial charge in [-0.1, -0.05) is 44.9 Å². The summed E-state index contributed by atoms with van der Waals surface area (Å²) in [5.74, 6) is 0.937. The quantitative estimate of drug-likeness (QED) is 0.747. The van der Waals surface area contributed by atoms with Crippen LogP contribution in [-0.2, 0) is 11.3 Å². The number of amides is 1. The van der Waals surface area contributed by atoms with E-state index in [0.29, 0.717) is 17.2 Å². The number of thiophene rings is 1. The van der Waals surface area contributed by atoms with E-state index in [4.69, 9.17) is 0 Å². The van der Waals surface area contributed by atoms with Crippen molar-refractivity contribution < 1.29 is 4.79 Å². The van der Waals surface area contributed by atoms with Crippen LogP contribution in [0.25, 0.3) is 20.2 Å². The van der Waals surface area contributed by atoms with Gasteiger partial charge in [-0.25, -0.2) is 4.68 Å². The fourth-order valence-corrected chi connectivity index (χ4v) is 5.33. The lowest BCUT2D eigenvalue weighted by atomic mass is 9.78. The first-order valence-corrected chi connectivity index (χ1v) is 10.5. The summed E-state index contributed by atoms with van der Waals surface area (Å²) in [7, 11) is 0. The molecule has 2 aromatic heterocycles. The number of hydrogen-bond acceptors (Lipinski definition) is 4. The summed E-state index contributed by atoms with van der Waals surface area (Å²) in [6.07, 6.45) is 3.36. The van der Waals surface area contributed by atoms with Crippen LogP contribution in [-0.4, -0.2) is 21.7 Å². The van der Waals surface area contributed by atoms with Gasteiger partial charge in [-0.3, -0.25) is 9.59 Å². The van der Waals surface area contributed by atoms with Crippen LogP contribution >= 0.6 is 11.3 Å².